The van der Waals surface area contributed by atoms with Crippen molar-refractivity contribution in [1.82, 2.24) is 5.32 Å². The summed E-state index contributed by atoms with van der Waals surface area (Å²) in [5.74, 6) is 0.488. The van der Waals surface area contributed by atoms with Crippen molar-refractivity contribution in [3.05, 3.63) is 35.1 Å². The average Bonchev–Trinajstić information content (AvgIpc) is 2.91. The van der Waals surface area contributed by atoms with Gasteiger partial charge in [0.25, 0.3) is 0 Å². The smallest absolute Gasteiger partial charge is 0.126 e. The third kappa shape index (κ3) is 4.02. The lowest BCUT2D eigenvalue weighted by Gasteiger charge is -2.22. The van der Waals surface area contributed by atoms with Gasteiger partial charge < -0.3 is 10.1 Å². The summed E-state index contributed by atoms with van der Waals surface area (Å²) >= 11 is 0. The molecule has 2 atom stereocenters. The summed E-state index contributed by atoms with van der Waals surface area (Å²) in [6.07, 6.45) is 3.24. The first-order valence-corrected chi connectivity index (χ1v) is 7.28. The minimum absolute atomic E-state index is 0.108. The fourth-order valence-corrected chi connectivity index (χ4v) is 2.58. The van der Waals surface area contributed by atoms with Crippen LogP contribution in [0.25, 0.3) is 0 Å². The van der Waals surface area contributed by atoms with E-state index in [4.69, 9.17) is 4.74 Å². The summed E-state index contributed by atoms with van der Waals surface area (Å²) in [6.45, 7) is 6.64. The largest absolute Gasteiger partial charge is 0.381 e. The average molecular weight is 265 g/mol. The van der Waals surface area contributed by atoms with Gasteiger partial charge in [-0.1, -0.05) is 19.1 Å². The first-order chi connectivity index (χ1) is 9.20. The minimum atomic E-state index is -0.108. The SMILES string of the molecule is CCCNC(CC1CCOC1)c1ccc(C)c(F)c1. The molecule has 0 radical (unpaired) electrons. The quantitative estimate of drug-likeness (QED) is 0.848. The summed E-state index contributed by atoms with van der Waals surface area (Å²) < 4.78 is 19.2. The van der Waals surface area contributed by atoms with E-state index in [9.17, 15) is 4.39 Å². The number of nitrogens with one attached hydrogen (secondary N) is 1. The Kier molecular flexibility index (Phi) is 5.34. The van der Waals surface area contributed by atoms with E-state index in [1.807, 2.05) is 12.1 Å². The van der Waals surface area contributed by atoms with Crippen molar-refractivity contribution in [2.45, 2.75) is 39.2 Å². The highest BCUT2D eigenvalue weighted by atomic mass is 19.1. The summed E-state index contributed by atoms with van der Waals surface area (Å²) in [5.41, 5.74) is 1.77. The van der Waals surface area contributed by atoms with Gasteiger partial charge in [0.05, 0.1) is 0 Å². The number of ether oxygens (including phenoxy) is 1. The number of hydrogen-bond donors (Lipinski definition) is 1. The van der Waals surface area contributed by atoms with Crippen molar-refractivity contribution in [1.29, 1.82) is 0 Å². The van der Waals surface area contributed by atoms with E-state index >= 15 is 0 Å². The van der Waals surface area contributed by atoms with Crippen molar-refractivity contribution >= 4 is 0 Å². The standard InChI is InChI=1S/C16H24FNO/c1-3-7-18-16(9-13-6-8-19-11-13)14-5-4-12(2)15(17)10-14/h4-5,10,13,16,18H,3,6-9,11H2,1-2H3. The van der Waals surface area contributed by atoms with Crippen LogP contribution < -0.4 is 5.32 Å². The van der Waals surface area contributed by atoms with Crippen molar-refractivity contribution in [2.75, 3.05) is 19.8 Å². The van der Waals surface area contributed by atoms with Crippen LogP contribution in [0.2, 0.25) is 0 Å². The van der Waals surface area contributed by atoms with Gasteiger partial charge in [-0.3, -0.25) is 0 Å². The number of rotatable bonds is 6. The van der Waals surface area contributed by atoms with Gasteiger partial charge in [-0.2, -0.15) is 0 Å². The highest BCUT2D eigenvalue weighted by Gasteiger charge is 2.22. The molecular weight excluding hydrogens is 241 g/mol. The van der Waals surface area contributed by atoms with Gasteiger partial charge in [0.2, 0.25) is 0 Å². The molecule has 2 nitrogen and oxygen atoms in total. The van der Waals surface area contributed by atoms with Gasteiger partial charge in [0.1, 0.15) is 5.82 Å². The summed E-state index contributed by atoms with van der Waals surface area (Å²) in [5, 5.41) is 3.54. The molecule has 0 saturated carbocycles. The lowest BCUT2D eigenvalue weighted by molar-refractivity contribution is 0.181. The van der Waals surface area contributed by atoms with E-state index in [1.54, 1.807) is 13.0 Å². The zero-order chi connectivity index (χ0) is 13.7. The first kappa shape index (κ1) is 14.5. The Labute approximate surface area is 115 Å². The van der Waals surface area contributed by atoms with Crippen LogP contribution in [-0.4, -0.2) is 19.8 Å². The predicted octanol–water partition coefficient (Wildman–Crippen LogP) is 3.60. The monoisotopic (exact) mass is 265 g/mol. The molecule has 1 aromatic carbocycles. The van der Waals surface area contributed by atoms with Crippen molar-refractivity contribution in [3.8, 4) is 0 Å². The molecule has 0 bridgehead atoms. The van der Waals surface area contributed by atoms with Crippen molar-refractivity contribution in [2.24, 2.45) is 5.92 Å². The van der Waals surface area contributed by atoms with E-state index in [0.29, 0.717) is 11.5 Å². The molecule has 1 aliphatic heterocycles. The van der Waals surface area contributed by atoms with Gasteiger partial charge >= 0.3 is 0 Å². The van der Waals surface area contributed by atoms with Crippen LogP contribution in [-0.2, 0) is 4.74 Å². The lowest BCUT2D eigenvalue weighted by Crippen LogP contribution is -2.25. The fraction of sp³-hybridized carbons (Fsp3) is 0.625. The Bertz CT molecular complexity index is 402. The second kappa shape index (κ2) is 7.01. The van der Waals surface area contributed by atoms with Gasteiger partial charge in [-0.25, -0.2) is 4.39 Å². The van der Waals surface area contributed by atoms with E-state index < -0.39 is 0 Å². The van der Waals surface area contributed by atoms with Crippen LogP contribution in [0.3, 0.4) is 0 Å². The minimum Gasteiger partial charge on any atom is -0.381 e. The Morgan fingerprint density at radius 1 is 1.47 bits per heavy atom. The molecule has 1 N–H and O–H groups in total. The zero-order valence-electron chi connectivity index (χ0n) is 11.9. The molecule has 0 aromatic heterocycles. The fourth-order valence-electron chi connectivity index (χ4n) is 2.58. The number of aryl methyl sites for hydroxylation is 1. The van der Waals surface area contributed by atoms with E-state index in [2.05, 4.69) is 12.2 Å². The van der Waals surface area contributed by atoms with E-state index in [1.165, 1.54) is 0 Å². The third-order valence-corrected chi connectivity index (χ3v) is 3.83. The van der Waals surface area contributed by atoms with Crippen LogP contribution >= 0.6 is 0 Å². The Morgan fingerprint density at radius 2 is 2.32 bits per heavy atom. The third-order valence-electron chi connectivity index (χ3n) is 3.83. The molecule has 0 aliphatic carbocycles. The van der Waals surface area contributed by atoms with Crippen LogP contribution in [0, 0.1) is 18.7 Å². The molecule has 106 valence electrons. The first-order valence-electron chi connectivity index (χ1n) is 7.28. The second-order valence-corrected chi connectivity index (χ2v) is 5.48. The molecule has 3 heteroatoms. The molecule has 1 heterocycles. The van der Waals surface area contributed by atoms with Crippen LogP contribution in [0.15, 0.2) is 18.2 Å². The molecule has 0 spiro atoms. The maximum absolute atomic E-state index is 13.7. The molecule has 0 amide bonds. The van der Waals surface area contributed by atoms with Gasteiger partial charge in [0, 0.05) is 19.3 Å². The van der Waals surface area contributed by atoms with Gasteiger partial charge in [-0.05, 0) is 55.8 Å². The van der Waals surface area contributed by atoms with E-state index in [0.717, 1.165) is 44.6 Å². The number of benzene rings is 1. The normalized spacial score (nSPS) is 20.7. The van der Waals surface area contributed by atoms with Crippen LogP contribution in [0.1, 0.15) is 43.4 Å². The maximum Gasteiger partial charge on any atom is 0.126 e. The Morgan fingerprint density at radius 3 is 2.95 bits per heavy atom. The van der Waals surface area contributed by atoms with Crippen LogP contribution in [0.4, 0.5) is 4.39 Å². The molecule has 1 aliphatic rings. The summed E-state index contributed by atoms with van der Waals surface area (Å²) in [7, 11) is 0. The van der Waals surface area contributed by atoms with Crippen molar-refractivity contribution < 1.29 is 9.13 Å². The highest BCUT2D eigenvalue weighted by molar-refractivity contribution is 5.26. The number of halogens is 1. The second-order valence-electron chi connectivity index (χ2n) is 5.48. The van der Waals surface area contributed by atoms with Gasteiger partial charge in [-0.15, -0.1) is 0 Å². The molecule has 19 heavy (non-hydrogen) atoms. The molecule has 1 saturated heterocycles. The number of hydrogen-bond acceptors (Lipinski definition) is 2. The maximum atomic E-state index is 13.7. The topological polar surface area (TPSA) is 21.3 Å². The highest BCUT2D eigenvalue weighted by Crippen LogP contribution is 2.27. The molecule has 2 rings (SSSR count). The molecule has 1 fully saturated rings. The van der Waals surface area contributed by atoms with E-state index in [-0.39, 0.29) is 11.9 Å². The molecule has 1 aromatic rings. The Balaban J connectivity index is 2.08. The van der Waals surface area contributed by atoms with Crippen LogP contribution in [0.5, 0.6) is 0 Å². The van der Waals surface area contributed by atoms with Crippen molar-refractivity contribution in [3.63, 3.8) is 0 Å². The molecule has 2 unspecified atom stereocenters. The predicted molar refractivity (Wildman–Crippen MR) is 75.7 cm³/mol. The zero-order valence-corrected chi connectivity index (χ0v) is 11.9. The summed E-state index contributed by atoms with van der Waals surface area (Å²) in [4.78, 5) is 0. The Hall–Kier alpha value is -0.930. The van der Waals surface area contributed by atoms with Gasteiger partial charge in [0.15, 0.2) is 0 Å². The summed E-state index contributed by atoms with van der Waals surface area (Å²) in [6, 6.07) is 5.83. The molecular formula is C16H24FNO. The lowest BCUT2D eigenvalue weighted by atomic mass is 9.93.